The number of hydrogen-bond acceptors (Lipinski definition) is 5. The number of nitrogens with one attached hydrogen (secondary N) is 2. The van der Waals surface area contributed by atoms with Gasteiger partial charge in [0.25, 0.3) is 5.91 Å². The van der Waals surface area contributed by atoms with Crippen molar-refractivity contribution in [1.29, 1.82) is 5.26 Å². The van der Waals surface area contributed by atoms with E-state index >= 15 is 0 Å². The van der Waals surface area contributed by atoms with E-state index < -0.39 is 0 Å². The second-order valence-corrected chi connectivity index (χ2v) is 7.81. The first-order valence-electron chi connectivity index (χ1n) is 9.29. The molecule has 0 aliphatic carbocycles. The standard InChI is InChI=1S/C23H23N5O/c1-15-13-20(21(29)26-18-11-7-17(8-12-18)23(2,3)4)28-22(25-15)27-19-9-5-16(14-24)6-10-19/h5-13H,1-4H3,(H,26,29)(H,25,27,28). The van der Waals surface area contributed by atoms with Crippen molar-refractivity contribution in [2.45, 2.75) is 33.1 Å². The second-order valence-electron chi connectivity index (χ2n) is 7.81. The van der Waals surface area contributed by atoms with Crippen LogP contribution in [0.3, 0.4) is 0 Å². The molecule has 6 heteroatoms. The van der Waals surface area contributed by atoms with E-state index in [-0.39, 0.29) is 17.0 Å². The van der Waals surface area contributed by atoms with Crippen molar-refractivity contribution in [1.82, 2.24) is 9.97 Å². The van der Waals surface area contributed by atoms with Crippen molar-refractivity contribution < 1.29 is 4.79 Å². The van der Waals surface area contributed by atoms with Crippen LogP contribution in [0.4, 0.5) is 17.3 Å². The molecule has 0 saturated carbocycles. The molecule has 3 aromatic rings. The minimum atomic E-state index is -0.304. The van der Waals surface area contributed by atoms with Gasteiger partial charge < -0.3 is 10.6 Å². The molecule has 1 aromatic heterocycles. The summed E-state index contributed by atoms with van der Waals surface area (Å²) in [5.41, 5.74) is 4.20. The molecule has 0 unspecified atom stereocenters. The zero-order valence-corrected chi connectivity index (χ0v) is 16.9. The fourth-order valence-electron chi connectivity index (χ4n) is 2.75. The summed E-state index contributed by atoms with van der Waals surface area (Å²) in [6, 6.07) is 18.5. The number of aryl methyl sites for hydroxylation is 1. The maximum atomic E-state index is 12.7. The molecule has 0 radical (unpaired) electrons. The molecule has 0 fully saturated rings. The number of amides is 1. The summed E-state index contributed by atoms with van der Waals surface area (Å²) in [7, 11) is 0. The first-order valence-corrected chi connectivity index (χ1v) is 9.29. The highest BCUT2D eigenvalue weighted by atomic mass is 16.1. The molecule has 29 heavy (non-hydrogen) atoms. The fourth-order valence-corrected chi connectivity index (χ4v) is 2.75. The number of carbonyl (C=O) groups excluding carboxylic acids is 1. The van der Waals surface area contributed by atoms with Crippen molar-refractivity contribution in [3.63, 3.8) is 0 Å². The largest absolute Gasteiger partial charge is 0.324 e. The van der Waals surface area contributed by atoms with Gasteiger partial charge in [0.2, 0.25) is 5.95 Å². The van der Waals surface area contributed by atoms with Crippen molar-refractivity contribution in [2.75, 3.05) is 10.6 Å². The first-order chi connectivity index (χ1) is 13.7. The van der Waals surface area contributed by atoms with Crippen molar-refractivity contribution in [3.05, 3.63) is 77.1 Å². The van der Waals surface area contributed by atoms with Gasteiger partial charge in [-0.25, -0.2) is 9.97 Å². The molecule has 1 amide bonds. The molecule has 3 rings (SSSR count). The maximum Gasteiger partial charge on any atom is 0.274 e. The number of rotatable bonds is 4. The summed E-state index contributed by atoms with van der Waals surface area (Å²) in [5, 5.41) is 14.8. The van der Waals surface area contributed by atoms with Gasteiger partial charge in [-0.3, -0.25) is 4.79 Å². The Hall–Kier alpha value is -3.72. The number of hydrogen-bond donors (Lipinski definition) is 2. The lowest BCUT2D eigenvalue weighted by atomic mass is 9.87. The number of carbonyl (C=O) groups is 1. The van der Waals surface area contributed by atoms with Crippen molar-refractivity contribution in [2.24, 2.45) is 0 Å². The van der Waals surface area contributed by atoms with Crippen molar-refractivity contribution >= 4 is 23.2 Å². The van der Waals surface area contributed by atoms with Crippen LogP contribution >= 0.6 is 0 Å². The lowest BCUT2D eigenvalue weighted by Gasteiger charge is -2.19. The number of aromatic nitrogens is 2. The summed E-state index contributed by atoms with van der Waals surface area (Å²) in [5.74, 6) is 0.0184. The molecule has 2 N–H and O–H groups in total. The van der Waals surface area contributed by atoms with E-state index in [2.05, 4.69) is 47.4 Å². The lowest BCUT2D eigenvalue weighted by molar-refractivity contribution is 0.102. The zero-order valence-electron chi connectivity index (χ0n) is 16.9. The fraction of sp³-hybridized carbons (Fsp3) is 0.217. The summed E-state index contributed by atoms with van der Waals surface area (Å²) in [6.07, 6.45) is 0. The van der Waals surface area contributed by atoms with Crippen LogP contribution < -0.4 is 10.6 Å². The van der Waals surface area contributed by atoms with Crippen molar-refractivity contribution in [3.8, 4) is 6.07 Å². The lowest BCUT2D eigenvalue weighted by Crippen LogP contribution is -2.16. The Bertz CT molecular complexity index is 1060. The minimum Gasteiger partial charge on any atom is -0.324 e. The van der Waals surface area contributed by atoms with E-state index in [0.717, 1.165) is 5.69 Å². The highest BCUT2D eigenvalue weighted by Gasteiger charge is 2.14. The Morgan fingerprint density at radius 2 is 1.59 bits per heavy atom. The molecule has 0 aliphatic rings. The van der Waals surface area contributed by atoms with E-state index in [0.29, 0.717) is 22.9 Å². The van der Waals surface area contributed by atoms with Crippen LogP contribution in [0.2, 0.25) is 0 Å². The van der Waals surface area contributed by atoms with Crippen LogP contribution in [0.1, 0.15) is 48.1 Å². The molecule has 146 valence electrons. The zero-order chi connectivity index (χ0) is 21.0. The Balaban J connectivity index is 1.76. The smallest absolute Gasteiger partial charge is 0.274 e. The predicted molar refractivity (Wildman–Crippen MR) is 114 cm³/mol. The average molecular weight is 385 g/mol. The van der Waals surface area contributed by atoms with Gasteiger partial charge in [0, 0.05) is 17.1 Å². The quantitative estimate of drug-likeness (QED) is 0.663. The third-order valence-electron chi connectivity index (χ3n) is 4.37. The molecule has 0 bridgehead atoms. The highest BCUT2D eigenvalue weighted by Crippen LogP contribution is 2.23. The molecule has 2 aromatic carbocycles. The summed E-state index contributed by atoms with van der Waals surface area (Å²) >= 11 is 0. The average Bonchev–Trinajstić information content (AvgIpc) is 2.68. The molecule has 0 atom stereocenters. The summed E-state index contributed by atoms with van der Waals surface area (Å²) < 4.78 is 0. The Kier molecular flexibility index (Phi) is 5.60. The summed E-state index contributed by atoms with van der Waals surface area (Å²) in [4.78, 5) is 21.3. The molecule has 0 saturated heterocycles. The number of benzene rings is 2. The van der Waals surface area contributed by atoms with E-state index in [9.17, 15) is 4.79 Å². The second kappa shape index (κ2) is 8.11. The van der Waals surface area contributed by atoms with Gasteiger partial charge in [-0.2, -0.15) is 5.26 Å². The van der Waals surface area contributed by atoms with Crippen LogP contribution in [0.25, 0.3) is 0 Å². The SMILES string of the molecule is Cc1cc(C(=O)Nc2ccc(C(C)(C)C)cc2)nc(Nc2ccc(C#N)cc2)n1. The summed E-state index contributed by atoms with van der Waals surface area (Å²) in [6.45, 7) is 8.24. The maximum absolute atomic E-state index is 12.7. The molecule has 0 spiro atoms. The van der Waals surface area contributed by atoms with E-state index in [1.165, 1.54) is 5.56 Å². The Morgan fingerprint density at radius 1 is 0.966 bits per heavy atom. The van der Waals surface area contributed by atoms with Crippen LogP contribution in [0.5, 0.6) is 0 Å². The predicted octanol–water partition coefficient (Wildman–Crippen LogP) is 4.95. The molecular weight excluding hydrogens is 362 g/mol. The van der Waals surface area contributed by atoms with Crippen LogP contribution in [-0.4, -0.2) is 15.9 Å². The van der Waals surface area contributed by atoms with Gasteiger partial charge in [-0.05, 0) is 60.4 Å². The Morgan fingerprint density at radius 3 is 2.17 bits per heavy atom. The monoisotopic (exact) mass is 385 g/mol. The van der Waals surface area contributed by atoms with Gasteiger partial charge in [-0.1, -0.05) is 32.9 Å². The van der Waals surface area contributed by atoms with E-state index in [1.54, 1.807) is 37.3 Å². The van der Waals surface area contributed by atoms with Gasteiger partial charge in [0.05, 0.1) is 11.6 Å². The molecular formula is C23H23N5O. The van der Waals surface area contributed by atoms with Gasteiger partial charge in [-0.15, -0.1) is 0 Å². The normalized spacial score (nSPS) is 10.9. The first kappa shape index (κ1) is 20.0. The van der Waals surface area contributed by atoms with Gasteiger partial charge in [0.1, 0.15) is 5.69 Å². The van der Waals surface area contributed by atoms with Gasteiger partial charge in [0.15, 0.2) is 0 Å². The molecule has 6 nitrogen and oxygen atoms in total. The van der Waals surface area contributed by atoms with Gasteiger partial charge >= 0.3 is 0 Å². The van der Waals surface area contributed by atoms with Crippen LogP contribution in [0, 0.1) is 18.3 Å². The number of nitrogens with zero attached hydrogens (tertiary/aromatic N) is 3. The highest BCUT2D eigenvalue weighted by molar-refractivity contribution is 6.03. The van der Waals surface area contributed by atoms with Crippen LogP contribution in [-0.2, 0) is 5.41 Å². The molecule has 1 heterocycles. The third-order valence-corrected chi connectivity index (χ3v) is 4.37. The number of anilines is 3. The topological polar surface area (TPSA) is 90.7 Å². The van der Waals surface area contributed by atoms with E-state index in [1.807, 2.05) is 24.3 Å². The molecule has 0 aliphatic heterocycles. The third kappa shape index (κ3) is 5.17. The van der Waals surface area contributed by atoms with Crippen LogP contribution in [0.15, 0.2) is 54.6 Å². The van der Waals surface area contributed by atoms with E-state index in [4.69, 9.17) is 5.26 Å². The number of nitriles is 1. The Labute approximate surface area is 170 Å². The minimum absolute atomic E-state index is 0.0539.